The Morgan fingerprint density at radius 1 is 0.659 bits per heavy atom. The number of hydrogen-bond donors (Lipinski definition) is 0. The Kier molecular flexibility index (Phi) is 4.68. The first-order valence-corrected chi connectivity index (χ1v) is 16.5. The number of allylic oxidation sites excluding steroid dienone is 2. The highest BCUT2D eigenvalue weighted by molar-refractivity contribution is 6.03. The summed E-state index contributed by atoms with van der Waals surface area (Å²) >= 11 is 0. The molecule has 44 heavy (non-hydrogen) atoms. The predicted octanol–water partition coefficient (Wildman–Crippen LogP) is 6.29. The van der Waals surface area contributed by atoms with Crippen LogP contribution in [0.4, 0.5) is 0 Å². The molecule has 0 aliphatic heterocycles. The number of benzene rings is 2. The topological polar surface area (TPSA) is 71.1 Å². The molecule has 0 N–H and O–H groups in total. The summed E-state index contributed by atoms with van der Waals surface area (Å²) in [5, 5.41) is 2.31. The van der Waals surface area contributed by atoms with Gasteiger partial charge in [-0.15, -0.1) is 0 Å². The molecule has 9 aliphatic carbocycles. The van der Waals surface area contributed by atoms with Gasteiger partial charge in [-0.25, -0.2) is 9.59 Å². The summed E-state index contributed by atoms with van der Waals surface area (Å²) in [6, 6.07) is 8.57. The summed E-state index contributed by atoms with van der Waals surface area (Å²) in [7, 11) is 6.52. The zero-order valence-electron chi connectivity index (χ0n) is 26.3. The Morgan fingerprint density at radius 3 is 1.48 bits per heavy atom. The molecule has 2 aromatic carbocycles. The minimum absolute atomic E-state index is 0.0645. The van der Waals surface area contributed by atoms with E-state index in [9.17, 15) is 9.59 Å². The van der Waals surface area contributed by atoms with Gasteiger partial charge in [-0.1, -0.05) is 50.3 Å². The lowest BCUT2D eigenvalue weighted by Gasteiger charge is -2.85. The molecule has 0 unspecified atom stereocenters. The molecule has 6 bridgehead atoms. The maximum absolute atomic E-state index is 13.2. The van der Waals surface area contributed by atoms with Gasteiger partial charge >= 0.3 is 11.9 Å². The van der Waals surface area contributed by atoms with E-state index in [1.807, 2.05) is 14.2 Å². The molecule has 0 amide bonds. The first-order chi connectivity index (χ1) is 21.3. The van der Waals surface area contributed by atoms with Crippen LogP contribution in [0.5, 0.6) is 11.5 Å². The van der Waals surface area contributed by atoms with Crippen LogP contribution in [0, 0.1) is 70.0 Å². The lowest BCUT2D eigenvalue weighted by molar-refractivity contribution is -0.372. The lowest BCUT2D eigenvalue weighted by Crippen LogP contribution is -2.81. The molecule has 0 spiro atoms. The largest absolute Gasteiger partial charge is 0.496 e. The number of esters is 2. The van der Waals surface area contributed by atoms with Gasteiger partial charge in [0.1, 0.15) is 11.5 Å². The van der Waals surface area contributed by atoms with Gasteiger partial charge in [-0.2, -0.15) is 0 Å². The van der Waals surface area contributed by atoms with Crippen LogP contribution in [0.1, 0.15) is 49.7 Å². The summed E-state index contributed by atoms with van der Waals surface area (Å²) in [6.07, 6.45) is 6.85. The molecule has 0 saturated heterocycles. The number of carbonyl (C=O) groups is 2. The van der Waals surface area contributed by atoms with Crippen LogP contribution in [-0.2, 0) is 19.1 Å². The highest BCUT2D eigenvalue weighted by Crippen LogP contribution is 2.96. The minimum atomic E-state index is -0.367. The number of carbonyl (C=O) groups excluding carboxylic acids is 2. The van der Waals surface area contributed by atoms with Crippen molar-refractivity contribution < 1.29 is 28.5 Å². The Morgan fingerprint density at radius 2 is 1.09 bits per heavy atom. The third kappa shape index (κ3) is 2.33. The van der Waals surface area contributed by atoms with Crippen molar-refractivity contribution in [3.8, 4) is 11.5 Å². The van der Waals surface area contributed by atoms with Gasteiger partial charge in [0.15, 0.2) is 0 Å². The minimum Gasteiger partial charge on any atom is -0.496 e. The highest BCUT2D eigenvalue weighted by Gasteiger charge is 2.90. The van der Waals surface area contributed by atoms with Crippen molar-refractivity contribution in [3.63, 3.8) is 0 Å². The SMILES string of the molecule is COC(=O)C1=C(C(=O)OC)[C@@H]2C=C[C@H]1[C@H]1[C@H]3C[C@@H]([C@H]12)[C@H]1[C@@H]3[C@]2(C)[C@@H]3[C@@H]([C@@H]4C[C@H]3c3c4c(OC)c4ccccc4c3OC)[C@]12C. The third-order valence-electron chi connectivity index (χ3n) is 15.4. The average molecular weight is 593 g/mol. The molecule has 5 saturated carbocycles. The Labute approximate surface area is 258 Å². The molecular formula is C38H40O6. The van der Waals surface area contributed by atoms with Crippen LogP contribution in [0.25, 0.3) is 10.8 Å². The van der Waals surface area contributed by atoms with E-state index in [0.29, 0.717) is 70.3 Å². The molecule has 0 aromatic heterocycles. The Balaban J connectivity index is 1.10. The van der Waals surface area contributed by atoms with Crippen LogP contribution in [0.2, 0.25) is 0 Å². The molecule has 0 radical (unpaired) electrons. The third-order valence-corrected chi connectivity index (χ3v) is 15.4. The zero-order valence-corrected chi connectivity index (χ0v) is 26.3. The predicted molar refractivity (Wildman–Crippen MR) is 163 cm³/mol. The fraction of sp³-hybridized carbons (Fsp3) is 0.579. The van der Waals surface area contributed by atoms with Crippen molar-refractivity contribution in [2.24, 2.45) is 70.0 Å². The summed E-state index contributed by atoms with van der Waals surface area (Å²) in [6.45, 7) is 5.26. The normalized spacial score (nSPS) is 46.9. The summed E-state index contributed by atoms with van der Waals surface area (Å²) < 4.78 is 23.0. The smallest absolute Gasteiger partial charge is 0.334 e. The number of hydrogen-bond acceptors (Lipinski definition) is 6. The van der Waals surface area contributed by atoms with E-state index < -0.39 is 0 Å². The molecule has 6 nitrogen and oxygen atoms in total. The molecular weight excluding hydrogens is 552 g/mol. The van der Waals surface area contributed by atoms with Crippen molar-refractivity contribution in [2.75, 3.05) is 28.4 Å². The van der Waals surface area contributed by atoms with Crippen molar-refractivity contribution in [1.82, 2.24) is 0 Å². The van der Waals surface area contributed by atoms with Crippen LogP contribution in [0.3, 0.4) is 0 Å². The van der Waals surface area contributed by atoms with E-state index in [-0.39, 0.29) is 34.6 Å². The highest BCUT2D eigenvalue weighted by atomic mass is 16.5. The summed E-state index contributed by atoms with van der Waals surface area (Å²) in [4.78, 5) is 26.4. The van der Waals surface area contributed by atoms with Crippen LogP contribution < -0.4 is 9.47 Å². The number of methoxy groups -OCH3 is 4. The lowest BCUT2D eigenvalue weighted by atomic mass is 9.19. The first-order valence-electron chi connectivity index (χ1n) is 16.5. The van der Waals surface area contributed by atoms with Crippen molar-refractivity contribution >= 4 is 22.7 Å². The van der Waals surface area contributed by atoms with E-state index in [0.717, 1.165) is 22.3 Å². The second-order valence-corrected chi connectivity index (χ2v) is 15.5. The molecule has 9 aliphatic rings. The maximum Gasteiger partial charge on any atom is 0.334 e. The molecule has 5 fully saturated rings. The van der Waals surface area contributed by atoms with Crippen molar-refractivity contribution in [2.45, 2.75) is 38.5 Å². The molecule has 2 aromatic rings. The van der Waals surface area contributed by atoms with Gasteiger partial charge in [-0.3, -0.25) is 0 Å². The van der Waals surface area contributed by atoms with Crippen LogP contribution in [-0.4, -0.2) is 40.4 Å². The van der Waals surface area contributed by atoms with E-state index in [4.69, 9.17) is 18.9 Å². The number of rotatable bonds is 4. The van der Waals surface area contributed by atoms with E-state index in [2.05, 4.69) is 50.3 Å². The molecule has 14 atom stereocenters. The Hall–Kier alpha value is -3.28. The zero-order chi connectivity index (χ0) is 30.2. The Bertz CT molecular complexity index is 1660. The fourth-order valence-corrected chi connectivity index (χ4v) is 14.8. The quantitative estimate of drug-likeness (QED) is 0.236. The molecule has 6 heteroatoms. The van der Waals surface area contributed by atoms with Crippen LogP contribution in [0.15, 0.2) is 47.6 Å². The van der Waals surface area contributed by atoms with Crippen molar-refractivity contribution in [1.29, 1.82) is 0 Å². The second-order valence-electron chi connectivity index (χ2n) is 15.5. The van der Waals surface area contributed by atoms with Gasteiger partial charge in [0.05, 0.1) is 39.6 Å². The first kappa shape index (κ1) is 26.0. The fourth-order valence-electron chi connectivity index (χ4n) is 14.8. The van der Waals surface area contributed by atoms with Gasteiger partial charge in [0.2, 0.25) is 0 Å². The maximum atomic E-state index is 13.2. The average Bonchev–Trinajstić information content (AvgIpc) is 3.83. The molecule has 11 rings (SSSR count). The van der Waals surface area contributed by atoms with Gasteiger partial charge in [-0.05, 0) is 82.9 Å². The number of ether oxygens (including phenoxy) is 4. The second kappa shape index (κ2) is 7.92. The molecule has 0 heterocycles. The monoisotopic (exact) mass is 592 g/mol. The summed E-state index contributed by atoms with van der Waals surface area (Å²) in [5.74, 6) is 6.74. The van der Waals surface area contributed by atoms with E-state index in [1.54, 1.807) is 0 Å². The van der Waals surface area contributed by atoms with Gasteiger partial charge < -0.3 is 18.9 Å². The van der Waals surface area contributed by atoms with Gasteiger partial charge in [0, 0.05) is 33.7 Å². The van der Waals surface area contributed by atoms with Crippen LogP contribution >= 0.6 is 0 Å². The standard InChI is InChI=1S/C38H40O6/c1-37-29-19-13-20(24-18-12-11-17(23(19)24)27(35(39)43-5)28(18)36(40)44-6)30(29)38(37,2)32-22-14-21(31(32)37)25-26(22)34(42-4)16-10-8-7-9-15(16)33(25)41-3/h7-12,17-24,29-32H,13-14H2,1-6H3/t17-,18+,19+,20-,21-,22+,23-,24+,29+,30-,31-,32+,37+,38-. The van der Waals surface area contributed by atoms with E-state index >= 15 is 0 Å². The summed E-state index contributed by atoms with van der Waals surface area (Å²) in [5.41, 5.74) is 4.48. The van der Waals surface area contributed by atoms with Gasteiger partial charge in [0.25, 0.3) is 0 Å². The molecule has 228 valence electrons. The van der Waals surface area contributed by atoms with Crippen molar-refractivity contribution in [3.05, 3.63) is 58.7 Å². The number of fused-ring (bicyclic) bond motifs is 19. The van der Waals surface area contributed by atoms with E-state index in [1.165, 1.54) is 38.2 Å².